The Bertz CT molecular complexity index is 998. The van der Waals surface area contributed by atoms with Crippen LogP contribution in [0.25, 0.3) is 22.3 Å². The molecule has 124 valence electrons. The summed E-state index contributed by atoms with van der Waals surface area (Å²) in [7, 11) is 0. The van der Waals surface area contributed by atoms with Gasteiger partial charge in [0.05, 0.1) is 11.4 Å². The van der Waals surface area contributed by atoms with Gasteiger partial charge < -0.3 is 20.2 Å². The maximum atomic E-state index is 12.0. The molecule has 0 amide bonds. The molecule has 0 spiro atoms. The van der Waals surface area contributed by atoms with Gasteiger partial charge >= 0.3 is 5.97 Å². The van der Waals surface area contributed by atoms with Gasteiger partial charge in [0, 0.05) is 16.5 Å². The number of carboxylic acids is 1. The first kappa shape index (κ1) is 15.9. The number of benzene rings is 1. The quantitative estimate of drug-likeness (QED) is 0.591. The maximum Gasteiger partial charge on any atom is 0.345 e. The van der Waals surface area contributed by atoms with Crippen LogP contribution < -0.4 is 5.56 Å². The average Bonchev–Trinajstić information content (AvgIpc) is 2.96. The molecule has 1 aromatic carbocycles. The van der Waals surface area contributed by atoms with Crippen LogP contribution in [0, 0.1) is 0 Å². The molecule has 0 saturated carbocycles. The minimum atomic E-state index is -1.45. The topological polar surface area (TPSA) is 106 Å². The summed E-state index contributed by atoms with van der Waals surface area (Å²) in [4.78, 5) is 29.0. The summed E-state index contributed by atoms with van der Waals surface area (Å²) in [5, 5.41) is 20.3. The standard InChI is InChI=1S/C18H18N2O4/c1-3-9-5-6-12-10(7-9)8-13(19-12)15-11(4-2)16(21)14(18(23)24)17(22)20-15/h5-8,19H,3-4H2,1-2H3,(H,23,24)(H2,20,21,22). The molecule has 2 aromatic heterocycles. The van der Waals surface area contributed by atoms with E-state index in [-0.39, 0.29) is 0 Å². The molecule has 0 aliphatic rings. The Kier molecular flexibility index (Phi) is 3.89. The average molecular weight is 326 g/mol. The largest absolute Gasteiger partial charge is 0.506 e. The van der Waals surface area contributed by atoms with E-state index in [0.717, 1.165) is 17.3 Å². The van der Waals surface area contributed by atoms with Crippen LogP contribution in [0.15, 0.2) is 29.1 Å². The highest BCUT2D eigenvalue weighted by molar-refractivity contribution is 5.92. The first-order valence-corrected chi connectivity index (χ1v) is 7.79. The SMILES string of the molecule is CCc1ccc2[nH]c(-c3[nH]c(=O)c(C(=O)O)c(O)c3CC)cc2c1. The van der Waals surface area contributed by atoms with Crippen LogP contribution in [0.3, 0.4) is 0 Å². The number of rotatable bonds is 4. The van der Waals surface area contributed by atoms with Gasteiger partial charge in [0.25, 0.3) is 5.56 Å². The van der Waals surface area contributed by atoms with E-state index in [9.17, 15) is 14.7 Å². The highest BCUT2D eigenvalue weighted by Crippen LogP contribution is 2.31. The monoisotopic (exact) mass is 326 g/mol. The van der Waals surface area contributed by atoms with Crippen LogP contribution in [0.2, 0.25) is 0 Å². The van der Waals surface area contributed by atoms with Crippen LogP contribution in [-0.2, 0) is 12.8 Å². The van der Waals surface area contributed by atoms with Gasteiger partial charge in [-0.3, -0.25) is 4.79 Å². The van der Waals surface area contributed by atoms with Crippen molar-refractivity contribution in [3.63, 3.8) is 0 Å². The van der Waals surface area contributed by atoms with E-state index >= 15 is 0 Å². The van der Waals surface area contributed by atoms with Crippen molar-refractivity contribution in [3.05, 3.63) is 51.3 Å². The maximum absolute atomic E-state index is 12.0. The third-order valence-corrected chi connectivity index (χ3v) is 4.22. The summed E-state index contributed by atoms with van der Waals surface area (Å²) >= 11 is 0. The minimum Gasteiger partial charge on any atom is -0.506 e. The van der Waals surface area contributed by atoms with E-state index in [0.29, 0.717) is 23.4 Å². The van der Waals surface area contributed by atoms with E-state index in [1.807, 2.05) is 18.2 Å². The zero-order valence-electron chi connectivity index (χ0n) is 13.4. The van der Waals surface area contributed by atoms with E-state index in [4.69, 9.17) is 5.11 Å². The predicted molar refractivity (Wildman–Crippen MR) is 91.7 cm³/mol. The molecular weight excluding hydrogens is 308 g/mol. The molecule has 0 bridgehead atoms. The Balaban J connectivity index is 2.26. The second-order valence-corrected chi connectivity index (χ2v) is 5.65. The molecule has 4 N–H and O–H groups in total. The number of fused-ring (bicyclic) bond motifs is 1. The van der Waals surface area contributed by atoms with E-state index in [2.05, 4.69) is 23.0 Å². The number of aromatic nitrogens is 2. The Morgan fingerprint density at radius 1 is 1.12 bits per heavy atom. The van der Waals surface area contributed by atoms with Gasteiger partial charge in [0.15, 0.2) is 5.56 Å². The summed E-state index contributed by atoms with van der Waals surface area (Å²) in [5.74, 6) is -1.92. The summed E-state index contributed by atoms with van der Waals surface area (Å²) in [6, 6.07) is 7.94. The molecule has 3 aromatic rings. The molecule has 0 unspecified atom stereocenters. The first-order valence-electron chi connectivity index (χ1n) is 7.79. The smallest absolute Gasteiger partial charge is 0.345 e. The van der Waals surface area contributed by atoms with Crippen molar-refractivity contribution < 1.29 is 15.0 Å². The van der Waals surface area contributed by atoms with Gasteiger partial charge in [-0.05, 0) is 36.6 Å². The van der Waals surface area contributed by atoms with Crippen molar-refractivity contribution >= 4 is 16.9 Å². The number of aromatic carboxylic acids is 1. The van der Waals surface area contributed by atoms with Crippen LogP contribution in [0.5, 0.6) is 5.75 Å². The van der Waals surface area contributed by atoms with Crippen LogP contribution in [-0.4, -0.2) is 26.2 Å². The Morgan fingerprint density at radius 2 is 1.88 bits per heavy atom. The molecule has 0 radical (unpaired) electrons. The lowest BCUT2D eigenvalue weighted by molar-refractivity contribution is 0.0691. The first-order chi connectivity index (χ1) is 11.5. The number of hydrogen-bond acceptors (Lipinski definition) is 3. The lowest BCUT2D eigenvalue weighted by atomic mass is 10.0. The van der Waals surface area contributed by atoms with Crippen molar-refractivity contribution in [1.82, 2.24) is 9.97 Å². The fourth-order valence-corrected chi connectivity index (χ4v) is 2.94. The molecule has 0 atom stereocenters. The molecule has 6 nitrogen and oxygen atoms in total. The van der Waals surface area contributed by atoms with Gasteiger partial charge in [-0.1, -0.05) is 19.9 Å². The van der Waals surface area contributed by atoms with Gasteiger partial charge in [0.2, 0.25) is 0 Å². The molecular formula is C18H18N2O4. The fourth-order valence-electron chi connectivity index (χ4n) is 2.94. The molecule has 0 aliphatic carbocycles. The Hall–Kier alpha value is -3.02. The second-order valence-electron chi connectivity index (χ2n) is 5.65. The predicted octanol–water partition coefficient (Wildman–Crippen LogP) is 3.05. The van der Waals surface area contributed by atoms with E-state index in [1.165, 1.54) is 5.56 Å². The van der Waals surface area contributed by atoms with Gasteiger partial charge in [0.1, 0.15) is 5.75 Å². The number of hydrogen-bond donors (Lipinski definition) is 4. The van der Waals surface area contributed by atoms with Crippen molar-refractivity contribution in [2.75, 3.05) is 0 Å². The Labute approximate surface area is 137 Å². The highest BCUT2D eigenvalue weighted by atomic mass is 16.4. The van der Waals surface area contributed by atoms with Crippen molar-refractivity contribution in [2.45, 2.75) is 26.7 Å². The van der Waals surface area contributed by atoms with Gasteiger partial charge in [-0.15, -0.1) is 0 Å². The number of aromatic amines is 2. The summed E-state index contributed by atoms with van der Waals surface area (Å²) < 4.78 is 0. The van der Waals surface area contributed by atoms with Gasteiger partial charge in [-0.25, -0.2) is 4.79 Å². The molecule has 3 rings (SSSR count). The molecule has 0 fully saturated rings. The second kappa shape index (κ2) is 5.88. The van der Waals surface area contributed by atoms with Crippen LogP contribution >= 0.6 is 0 Å². The molecule has 0 saturated heterocycles. The lowest BCUT2D eigenvalue weighted by Crippen LogP contribution is -2.20. The number of pyridine rings is 1. The molecule has 6 heteroatoms. The van der Waals surface area contributed by atoms with Gasteiger partial charge in [-0.2, -0.15) is 0 Å². The third-order valence-electron chi connectivity index (χ3n) is 4.22. The zero-order chi connectivity index (χ0) is 17.4. The number of carboxylic acid groups (broad SMARTS) is 1. The fraction of sp³-hybridized carbons (Fsp3) is 0.222. The summed E-state index contributed by atoms with van der Waals surface area (Å²) in [6.07, 6.45) is 1.30. The number of aromatic hydroxyl groups is 1. The normalized spacial score (nSPS) is 11.1. The molecule has 24 heavy (non-hydrogen) atoms. The van der Waals surface area contributed by atoms with E-state index in [1.54, 1.807) is 6.92 Å². The summed E-state index contributed by atoms with van der Waals surface area (Å²) in [6.45, 7) is 3.87. The number of aryl methyl sites for hydroxylation is 1. The summed E-state index contributed by atoms with van der Waals surface area (Å²) in [5.41, 5.74) is 2.11. The van der Waals surface area contributed by atoms with Crippen molar-refractivity contribution in [3.8, 4) is 17.1 Å². The zero-order valence-corrected chi connectivity index (χ0v) is 13.4. The highest BCUT2D eigenvalue weighted by Gasteiger charge is 2.22. The number of carbonyl (C=O) groups is 1. The number of H-pyrrole nitrogens is 2. The third kappa shape index (κ3) is 2.46. The molecule has 2 heterocycles. The molecule has 0 aliphatic heterocycles. The Morgan fingerprint density at radius 3 is 2.50 bits per heavy atom. The van der Waals surface area contributed by atoms with Crippen molar-refractivity contribution in [2.24, 2.45) is 0 Å². The number of nitrogens with one attached hydrogen (secondary N) is 2. The van der Waals surface area contributed by atoms with Crippen molar-refractivity contribution in [1.29, 1.82) is 0 Å². The van der Waals surface area contributed by atoms with Crippen LogP contribution in [0.4, 0.5) is 0 Å². The minimum absolute atomic E-state index is 0.383. The van der Waals surface area contributed by atoms with Crippen LogP contribution in [0.1, 0.15) is 35.3 Å². The lowest BCUT2D eigenvalue weighted by Gasteiger charge is -2.10. The van der Waals surface area contributed by atoms with E-state index < -0.39 is 22.8 Å².